The summed E-state index contributed by atoms with van der Waals surface area (Å²) >= 11 is 0. The SMILES string of the molecule is O=C(O)N1CCc2c(F)ccc(F)c2C1. The molecule has 0 spiro atoms. The van der Waals surface area contributed by atoms with Crippen LogP contribution in [0, 0.1) is 11.6 Å². The number of benzene rings is 1. The van der Waals surface area contributed by atoms with Gasteiger partial charge in [-0.15, -0.1) is 0 Å². The third-order valence-electron chi connectivity index (χ3n) is 2.57. The first-order valence-corrected chi connectivity index (χ1v) is 4.53. The van der Waals surface area contributed by atoms with Gasteiger partial charge in [0, 0.05) is 12.1 Å². The summed E-state index contributed by atoms with van der Waals surface area (Å²) in [6, 6.07) is 2.10. The Balaban J connectivity index is 2.41. The lowest BCUT2D eigenvalue weighted by atomic mass is 9.99. The third-order valence-corrected chi connectivity index (χ3v) is 2.57. The molecular formula is C10H9F2NO2. The Labute approximate surface area is 84.9 Å². The van der Waals surface area contributed by atoms with Gasteiger partial charge in [-0.1, -0.05) is 0 Å². The molecule has 2 rings (SSSR count). The molecule has 1 aromatic rings. The summed E-state index contributed by atoms with van der Waals surface area (Å²) in [6.45, 7) is 0.136. The van der Waals surface area contributed by atoms with Crippen molar-refractivity contribution < 1.29 is 18.7 Å². The Hall–Kier alpha value is -1.65. The second-order valence-electron chi connectivity index (χ2n) is 3.44. The zero-order valence-corrected chi connectivity index (χ0v) is 7.83. The average Bonchev–Trinajstić information content (AvgIpc) is 2.23. The molecule has 1 aliphatic rings. The van der Waals surface area contributed by atoms with E-state index in [-0.39, 0.29) is 25.1 Å². The van der Waals surface area contributed by atoms with Crippen molar-refractivity contribution in [1.82, 2.24) is 4.90 Å². The quantitative estimate of drug-likeness (QED) is 0.716. The third kappa shape index (κ3) is 1.65. The monoisotopic (exact) mass is 213 g/mol. The molecule has 1 amide bonds. The Morgan fingerprint density at radius 1 is 1.27 bits per heavy atom. The van der Waals surface area contributed by atoms with Crippen LogP contribution in [0.25, 0.3) is 0 Å². The maximum absolute atomic E-state index is 13.3. The molecule has 1 N–H and O–H groups in total. The van der Waals surface area contributed by atoms with E-state index in [9.17, 15) is 13.6 Å². The van der Waals surface area contributed by atoms with Gasteiger partial charge in [0.2, 0.25) is 0 Å². The van der Waals surface area contributed by atoms with Crippen LogP contribution in [0.1, 0.15) is 11.1 Å². The van der Waals surface area contributed by atoms with Crippen LogP contribution in [0.15, 0.2) is 12.1 Å². The minimum Gasteiger partial charge on any atom is -0.465 e. The van der Waals surface area contributed by atoms with Crippen LogP contribution < -0.4 is 0 Å². The Kier molecular flexibility index (Phi) is 2.30. The van der Waals surface area contributed by atoms with Crippen molar-refractivity contribution in [2.45, 2.75) is 13.0 Å². The molecule has 0 atom stereocenters. The zero-order chi connectivity index (χ0) is 11.0. The van der Waals surface area contributed by atoms with Crippen LogP contribution in [0.3, 0.4) is 0 Å². The number of hydrogen-bond donors (Lipinski definition) is 1. The largest absolute Gasteiger partial charge is 0.465 e. The molecule has 80 valence electrons. The lowest BCUT2D eigenvalue weighted by molar-refractivity contribution is 0.138. The van der Waals surface area contributed by atoms with E-state index < -0.39 is 17.7 Å². The van der Waals surface area contributed by atoms with Crippen molar-refractivity contribution in [2.24, 2.45) is 0 Å². The highest BCUT2D eigenvalue weighted by molar-refractivity contribution is 5.65. The molecule has 1 aromatic carbocycles. The summed E-state index contributed by atoms with van der Waals surface area (Å²) in [5, 5.41) is 8.73. The molecule has 0 aliphatic carbocycles. The first-order chi connectivity index (χ1) is 7.09. The smallest absolute Gasteiger partial charge is 0.407 e. The van der Waals surface area contributed by atoms with E-state index >= 15 is 0 Å². The van der Waals surface area contributed by atoms with E-state index in [0.29, 0.717) is 5.56 Å². The number of carboxylic acid groups (broad SMARTS) is 1. The van der Waals surface area contributed by atoms with Crippen molar-refractivity contribution in [3.8, 4) is 0 Å². The van der Waals surface area contributed by atoms with E-state index in [1.807, 2.05) is 0 Å². The van der Waals surface area contributed by atoms with Gasteiger partial charge in [0.05, 0.1) is 6.54 Å². The molecule has 1 heterocycles. The highest BCUT2D eigenvalue weighted by atomic mass is 19.1. The highest BCUT2D eigenvalue weighted by Gasteiger charge is 2.24. The van der Waals surface area contributed by atoms with Gasteiger partial charge in [-0.3, -0.25) is 0 Å². The number of hydrogen-bond acceptors (Lipinski definition) is 1. The Morgan fingerprint density at radius 2 is 1.87 bits per heavy atom. The number of rotatable bonds is 0. The Morgan fingerprint density at radius 3 is 2.47 bits per heavy atom. The number of carbonyl (C=O) groups is 1. The number of fused-ring (bicyclic) bond motifs is 1. The predicted octanol–water partition coefficient (Wildman–Crippen LogP) is 2.00. The maximum atomic E-state index is 13.3. The average molecular weight is 213 g/mol. The summed E-state index contributed by atoms with van der Waals surface area (Å²) in [5.74, 6) is -1.01. The highest BCUT2D eigenvalue weighted by Crippen LogP contribution is 2.24. The van der Waals surface area contributed by atoms with Crippen LogP contribution in [-0.4, -0.2) is 22.6 Å². The fraction of sp³-hybridized carbons (Fsp3) is 0.300. The topological polar surface area (TPSA) is 40.5 Å². The second-order valence-corrected chi connectivity index (χ2v) is 3.44. The number of halogens is 2. The molecule has 0 radical (unpaired) electrons. The molecule has 0 bridgehead atoms. The van der Waals surface area contributed by atoms with Crippen molar-refractivity contribution in [3.63, 3.8) is 0 Å². The van der Waals surface area contributed by atoms with Crippen LogP contribution in [0.4, 0.5) is 13.6 Å². The minimum atomic E-state index is -1.11. The van der Waals surface area contributed by atoms with E-state index in [2.05, 4.69) is 0 Å². The molecule has 0 aromatic heterocycles. The van der Waals surface area contributed by atoms with Crippen LogP contribution >= 0.6 is 0 Å². The fourth-order valence-electron chi connectivity index (χ4n) is 1.76. The summed E-state index contributed by atoms with van der Waals surface area (Å²) < 4.78 is 26.5. The van der Waals surface area contributed by atoms with Gasteiger partial charge in [-0.05, 0) is 24.1 Å². The standard InChI is InChI=1S/C10H9F2NO2/c11-8-1-2-9(12)7-5-13(10(14)15)4-3-6(7)8/h1-2H,3-5H2,(H,14,15). The van der Waals surface area contributed by atoms with Gasteiger partial charge in [0.15, 0.2) is 0 Å². The molecule has 0 saturated heterocycles. The first-order valence-electron chi connectivity index (χ1n) is 4.53. The molecule has 3 nitrogen and oxygen atoms in total. The predicted molar refractivity (Wildman–Crippen MR) is 48.5 cm³/mol. The van der Waals surface area contributed by atoms with Crippen LogP contribution in [-0.2, 0) is 13.0 Å². The number of nitrogens with zero attached hydrogens (tertiary/aromatic N) is 1. The van der Waals surface area contributed by atoms with E-state index in [4.69, 9.17) is 5.11 Å². The lowest BCUT2D eigenvalue weighted by Gasteiger charge is -2.26. The number of amides is 1. The van der Waals surface area contributed by atoms with Gasteiger partial charge in [0.1, 0.15) is 11.6 Å². The van der Waals surface area contributed by atoms with Gasteiger partial charge >= 0.3 is 6.09 Å². The molecule has 5 heteroatoms. The molecule has 15 heavy (non-hydrogen) atoms. The molecular weight excluding hydrogens is 204 g/mol. The van der Waals surface area contributed by atoms with Gasteiger partial charge in [0.25, 0.3) is 0 Å². The summed E-state index contributed by atoms with van der Waals surface area (Å²) in [7, 11) is 0. The molecule has 0 saturated carbocycles. The van der Waals surface area contributed by atoms with E-state index in [0.717, 1.165) is 17.0 Å². The summed E-state index contributed by atoms with van der Waals surface area (Å²) in [5.41, 5.74) is 0.455. The van der Waals surface area contributed by atoms with E-state index in [1.165, 1.54) is 0 Å². The van der Waals surface area contributed by atoms with Gasteiger partial charge in [-0.2, -0.15) is 0 Å². The molecule has 0 unspecified atom stereocenters. The molecule has 1 aliphatic heterocycles. The first kappa shape index (κ1) is 9.89. The minimum absolute atomic E-state index is 0.0751. The van der Waals surface area contributed by atoms with Crippen molar-refractivity contribution in [2.75, 3.05) is 6.54 Å². The molecule has 0 fully saturated rings. The van der Waals surface area contributed by atoms with Crippen molar-refractivity contribution in [1.29, 1.82) is 0 Å². The van der Waals surface area contributed by atoms with Crippen LogP contribution in [0.2, 0.25) is 0 Å². The normalized spacial score (nSPS) is 14.9. The Bertz CT molecular complexity index is 420. The zero-order valence-electron chi connectivity index (χ0n) is 7.83. The van der Waals surface area contributed by atoms with Gasteiger partial charge < -0.3 is 10.0 Å². The van der Waals surface area contributed by atoms with Crippen molar-refractivity contribution in [3.05, 3.63) is 34.9 Å². The maximum Gasteiger partial charge on any atom is 0.407 e. The van der Waals surface area contributed by atoms with Gasteiger partial charge in [-0.25, -0.2) is 13.6 Å². The van der Waals surface area contributed by atoms with Crippen LogP contribution in [0.5, 0.6) is 0 Å². The fourth-order valence-corrected chi connectivity index (χ4v) is 1.76. The summed E-state index contributed by atoms with van der Waals surface area (Å²) in [4.78, 5) is 11.7. The van der Waals surface area contributed by atoms with E-state index in [1.54, 1.807) is 0 Å². The lowest BCUT2D eigenvalue weighted by Crippen LogP contribution is -2.35. The summed E-state index contributed by atoms with van der Waals surface area (Å²) in [6.07, 6.45) is -0.880. The van der Waals surface area contributed by atoms with Crippen molar-refractivity contribution >= 4 is 6.09 Å². The second kappa shape index (κ2) is 3.49.